The van der Waals surface area contributed by atoms with Crippen LogP contribution in [0, 0.1) is 25.2 Å². The van der Waals surface area contributed by atoms with Crippen molar-refractivity contribution in [2.45, 2.75) is 32.7 Å². The Bertz CT molecular complexity index is 830. The van der Waals surface area contributed by atoms with Crippen molar-refractivity contribution in [3.05, 3.63) is 51.9 Å². The Balaban J connectivity index is 1.62. The summed E-state index contributed by atoms with van der Waals surface area (Å²) in [6.45, 7) is 5.20. The van der Waals surface area contributed by atoms with Crippen molar-refractivity contribution in [3.8, 4) is 6.07 Å². The third-order valence-electron chi connectivity index (χ3n) is 4.54. The number of aryl methyl sites for hydroxylation is 2. The fourth-order valence-electron chi connectivity index (χ4n) is 3.26. The van der Waals surface area contributed by atoms with E-state index in [2.05, 4.69) is 16.3 Å². The number of benzene rings is 1. The highest BCUT2D eigenvalue weighted by Crippen LogP contribution is 2.26. The van der Waals surface area contributed by atoms with E-state index in [1.165, 1.54) is 0 Å². The monoisotopic (exact) mass is 357 g/mol. The van der Waals surface area contributed by atoms with Gasteiger partial charge in [0, 0.05) is 24.2 Å². The first-order valence-corrected chi connectivity index (χ1v) is 8.68. The van der Waals surface area contributed by atoms with Crippen LogP contribution in [0.5, 0.6) is 0 Å². The lowest BCUT2D eigenvalue weighted by Crippen LogP contribution is -2.45. The van der Waals surface area contributed by atoms with Gasteiger partial charge in [0.2, 0.25) is 0 Å². The minimum atomic E-state index is -0.0861. The number of piperidine rings is 1. The Hall–Kier alpha value is -2.45. The van der Waals surface area contributed by atoms with Crippen molar-refractivity contribution in [2.75, 3.05) is 18.0 Å². The molecule has 1 aliphatic heterocycles. The van der Waals surface area contributed by atoms with E-state index in [0.29, 0.717) is 21.9 Å². The maximum Gasteiger partial charge on any atom is 0.255 e. The van der Waals surface area contributed by atoms with Crippen molar-refractivity contribution < 1.29 is 9.21 Å². The SMILES string of the molecule is Cc1cc(C(=O)NC2CCN(c3ccc(Cl)cc3C#N)CC2)c(C)o1. The molecule has 0 saturated carbocycles. The van der Waals surface area contributed by atoms with Gasteiger partial charge in [0.1, 0.15) is 17.6 Å². The molecule has 0 unspecified atom stereocenters. The molecule has 0 spiro atoms. The molecule has 0 radical (unpaired) electrons. The third kappa shape index (κ3) is 3.80. The number of halogens is 1. The second-order valence-electron chi connectivity index (χ2n) is 6.33. The summed E-state index contributed by atoms with van der Waals surface area (Å²) < 4.78 is 5.42. The molecule has 130 valence electrons. The molecule has 1 amide bonds. The van der Waals surface area contributed by atoms with Gasteiger partial charge in [-0.3, -0.25) is 4.79 Å². The molecule has 0 atom stereocenters. The predicted molar refractivity (Wildman–Crippen MR) is 97.1 cm³/mol. The van der Waals surface area contributed by atoms with Gasteiger partial charge in [-0.2, -0.15) is 5.26 Å². The average molecular weight is 358 g/mol. The van der Waals surface area contributed by atoms with Crippen LogP contribution in [0.3, 0.4) is 0 Å². The number of rotatable bonds is 3. The normalized spacial score (nSPS) is 15.0. The predicted octanol–water partition coefficient (Wildman–Crippen LogP) is 3.82. The van der Waals surface area contributed by atoms with Gasteiger partial charge in [0.05, 0.1) is 16.8 Å². The van der Waals surface area contributed by atoms with Crippen molar-refractivity contribution in [2.24, 2.45) is 0 Å². The second-order valence-corrected chi connectivity index (χ2v) is 6.77. The van der Waals surface area contributed by atoms with Gasteiger partial charge >= 0.3 is 0 Å². The molecule has 1 aliphatic rings. The molecule has 6 heteroatoms. The largest absolute Gasteiger partial charge is 0.466 e. The van der Waals surface area contributed by atoms with Gasteiger partial charge < -0.3 is 14.6 Å². The lowest BCUT2D eigenvalue weighted by Gasteiger charge is -2.34. The van der Waals surface area contributed by atoms with E-state index in [1.54, 1.807) is 25.1 Å². The first-order chi connectivity index (χ1) is 12.0. The molecule has 2 heterocycles. The van der Waals surface area contributed by atoms with Crippen LogP contribution in [-0.2, 0) is 0 Å². The van der Waals surface area contributed by atoms with Crippen LogP contribution < -0.4 is 10.2 Å². The van der Waals surface area contributed by atoms with Gasteiger partial charge in [-0.1, -0.05) is 11.6 Å². The van der Waals surface area contributed by atoms with Crippen molar-refractivity contribution in [1.82, 2.24) is 5.32 Å². The van der Waals surface area contributed by atoms with Gasteiger partial charge in [-0.15, -0.1) is 0 Å². The van der Waals surface area contributed by atoms with Gasteiger partial charge in [-0.05, 0) is 51.0 Å². The molecule has 1 aromatic carbocycles. The molecule has 3 rings (SSSR count). The van der Waals surface area contributed by atoms with E-state index in [1.807, 2.05) is 13.0 Å². The minimum absolute atomic E-state index is 0.0861. The van der Waals surface area contributed by atoms with Crippen LogP contribution in [0.25, 0.3) is 0 Å². The summed E-state index contributed by atoms with van der Waals surface area (Å²) in [5.41, 5.74) is 2.09. The Labute approximate surface area is 152 Å². The smallest absolute Gasteiger partial charge is 0.255 e. The first kappa shape index (κ1) is 17.4. The summed E-state index contributed by atoms with van der Waals surface area (Å²) >= 11 is 5.96. The minimum Gasteiger partial charge on any atom is -0.466 e. The number of carbonyl (C=O) groups excluding carboxylic acids is 1. The van der Waals surface area contributed by atoms with Crippen LogP contribution in [0.15, 0.2) is 28.7 Å². The number of hydrogen-bond acceptors (Lipinski definition) is 4. The molecular formula is C19H20ClN3O2. The van der Waals surface area contributed by atoms with E-state index in [-0.39, 0.29) is 11.9 Å². The zero-order valence-corrected chi connectivity index (χ0v) is 15.1. The number of furan rings is 1. The van der Waals surface area contributed by atoms with Crippen LogP contribution in [0.4, 0.5) is 5.69 Å². The van der Waals surface area contributed by atoms with Gasteiger partial charge in [-0.25, -0.2) is 0 Å². The van der Waals surface area contributed by atoms with Crippen LogP contribution in [-0.4, -0.2) is 25.0 Å². The highest BCUT2D eigenvalue weighted by molar-refractivity contribution is 6.30. The Morgan fingerprint density at radius 1 is 1.32 bits per heavy atom. The zero-order valence-electron chi connectivity index (χ0n) is 14.3. The molecule has 1 aromatic heterocycles. The third-order valence-corrected chi connectivity index (χ3v) is 4.77. The van der Waals surface area contributed by atoms with Crippen molar-refractivity contribution in [1.29, 1.82) is 5.26 Å². The van der Waals surface area contributed by atoms with E-state index < -0.39 is 0 Å². The lowest BCUT2D eigenvalue weighted by atomic mass is 10.0. The Kier molecular flexibility index (Phi) is 5.00. The Morgan fingerprint density at radius 2 is 2.04 bits per heavy atom. The van der Waals surface area contributed by atoms with E-state index in [4.69, 9.17) is 16.0 Å². The fourth-order valence-corrected chi connectivity index (χ4v) is 3.43. The molecule has 1 saturated heterocycles. The van der Waals surface area contributed by atoms with Gasteiger partial charge in [0.15, 0.2) is 0 Å². The summed E-state index contributed by atoms with van der Waals surface area (Å²) in [5.74, 6) is 1.30. The topological polar surface area (TPSA) is 69.3 Å². The number of amides is 1. The Morgan fingerprint density at radius 3 is 2.64 bits per heavy atom. The van der Waals surface area contributed by atoms with Crippen LogP contribution in [0.2, 0.25) is 5.02 Å². The van der Waals surface area contributed by atoms with E-state index >= 15 is 0 Å². The first-order valence-electron chi connectivity index (χ1n) is 8.30. The van der Waals surface area contributed by atoms with Crippen molar-refractivity contribution >= 4 is 23.2 Å². The van der Waals surface area contributed by atoms with Gasteiger partial charge in [0.25, 0.3) is 5.91 Å². The van der Waals surface area contributed by atoms with Crippen molar-refractivity contribution in [3.63, 3.8) is 0 Å². The molecular weight excluding hydrogens is 338 g/mol. The number of nitriles is 1. The average Bonchev–Trinajstić information content (AvgIpc) is 2.94. The summed E-state index contributed by atoms with van der Waals surface area (Å²) in [5, 5.41) is 12.9. The highest BCUT2D eigenvalue weighted by atomic mass is 35.5. The summed E-state index contributed by atoms with van der Waals surface area (Å²) in [6, 6.07) is 9.47. The molecule has 25 heavy (non-hydrogen) atoms. The van der Waals surface area contributed by atoms with Crippen LogP contribution in [0.1, 0.15) is 40.3 Å². The lowest BCUT2D eigenvalue weighted by molar-refractivity contribution is 0.0929. The molecule has 1 N–H and O–H groups in total. The molecule has 1 fully saturated rings. The highest BCUT2D eigenvalue weighted by Gasteiger charge is 2.24. The number of hydrogen-bond donors (Lipinski definition) is 1. The molecule has 2 aromatic rings. The standard InChI is InChI=1S/C19H20ClN3O2/c1-12-9-17(13(2)25-12)19(24)22-16-5-7-23(8-6-16)18-4-3-15(20)10-14(18)11-21/h3-4,9-10,16H,5-8H2,1-2H3,(H,22,24). The second kappa shape index (κ2) is 7.20. The van der Waals surface area contributed by atoms with E-state index in [9.17, 15) is 10.1 Å². The maximum atomic E-state index is 12.4. The fraction of sp³-hybridized carbons (Fsp3) is 0.368. The number of nitrogens with one attached hydrogen (secondary N) is 1. The summed E-state index contributed by atoms with van der Waals surface area (Å²) in [7, 11) is 0. The maximum absolute atomic E-state index is 12.4. The molecule has 5 nitrogen and oxygen atoms in total. The van der Waals surface area contributed by atoms with E-state index in [0.717, 1.165) is 37.4 Å². The number of nitrogens with zero attached hydrogens (tertiary/aromatic N) is 2. The molecule has 0 bridgehead atoms. The van der Waals surface area contributed by atoms with Crippen LogP contribution >= 0.6 is 11.6 Å². The summed E-state index contributed by atoms with van der Waals surface area (Å²) in [6.07, 6.45) is 1.66. The number of anilines is 1. The zero-order chi connectivity index (χ0) is 18.0. The quantitative estimate of drug-likeness (QED) is 0.906. The molecule has 0 aliphatic carbocycles. The number of carbonyl (C=O) groups is 1. The summed E-state index contributed by atoms with van der Waals surface area (Å²) in [4.78, 5) is 14.6.